The third kappa shape index (κ3) is 1.87. The third-order valence-electron chi connectivity index (χ3n) is 3.02. The van der Waals surface area contributed by atoms with E-state index in [2.05, 4.69) is 0 Å². The Hall–Kier alpha value is -1.93. The minimum atomic E-state index is 0.0697. The fourth-order valence-corrected chi connectivity index (χ4v) is 2.07. The van der Waals surface area contributed by atoms with Crippen molar-refractivity contribution in [3.05, 3.63) is 70.8 Å². The molecule has 84 valence electrons. The standard InChI is InChI=1S/C15H12O2/c16-15(11-4-2-1-3-5-11)12-6-7-13-9-17-10-14(13)8-12/h1-8H,9-10H2. The highest BCUT2D eigenvalue weighted by Gasteiger charge is 2.15. The van der Waals surface area contributed by atoms with Crippen LogP contribution in [0.25, 0.3) is 0 Å². The molecule has 0 fully saturated rings. The van der Waals surface area contributed by atoms with Gasteiger partial charge in [0.2, 0.25) is 0 Å². The molecule has 0 bridgehead atoms. The van der Waals surface area contributed by atoms with Crippen LogP contribution >= 0.6 is 0 Å². The summed E-state index contributed by atoms with van der Waals surface area (Å²) >= 11 is 0. The first-order valence-corrected chi connectivity index (χ1v) is 5.64. The molecule has 1 heterocycles. The second-order valence-corrected chi connectivity index (χ2v) is 4.17. The van der Waals surface area contributed by atoms with E-state index in [9.17, 15) is 4.79 Å². The van der Waals surface area contributed by atoms with Crippen LogP contribution in [-0.4, -0.2) is 5.78 Å². The number of rotatable bonds is 2. The number of benzene rings is 2. The van der Waals surface area contributed by atoms with Gasteiger partial charge in [-0.15, -0.1) is 0 Å². The molecule has 2 aromatic carbocycles. The predicted molar refractivity (Wildman–Crippen MR) is 64.8 cm³/mol. The molecule has 0 radical (unpaired) electrons. The lowest BCUT2D eigenvalue weighted by Gasteiger charge is -2.03. The monoisotopic (exact) mass is 224 g/mol. The van der Waals surface area contributed by atoms with Gasteiger partial charge < -0.3 is 4.74 Å². The molecule has 3 rings (SSSR count). The zero-order valence-electron chi connectivity index (χ0n) is 9.35. The maximum atomic E-state index is 12.2. The lowest BCUT2D eigenvalue weighted by atomic mass is 9.99. The summed E-state index contributed by atoms with van der Waals surface area (Å²) in [5, 5.41) is 0. The summed E-state index contributed by atoms with van der Waals surface area (Å²) in [7, 11) is 0. The molecule has 0 atom stereocenters. The minimum absolute atomic E-state index is 0.0697. The average molecular weight is 224 g/mol. The summed E-state index contributed by atoms with van der Waals surface area (Å²) in [6, 6.07) is 15.2. The van der Waals surface area contributed by atoms with Crippen LogP contribution in [0.3, 0.4) is 0 Å². The van der Waals surface area contributed by atoms with E-state index in [1.165, 1.54) is 5.56 Å². The molecule has 0 saturated heterocycles. The van der Waals surface area contributed by atoms with Crippen molar-refractivity contribution >= 4 is 5.78 Å². The van der Waals surface area contributed by atoms with Gasteiger partial charge in [-0.3, -0.25) is 4.79 Å². The lowest BCUT2D eigenvalue weighted by Crippen LogP contribution is -2.01. The van der Waals surface area contributed by atoms with E-state index in [-0.39, 0.29) is 5.78 Å². The zero-order valence-corrected chi connectivity index (χ0v) is 9.35. The number of carbonyl (C=O) groups excluding carboxylic acids is 1. The number of hydrogen-bond donors (Lipinski definition) is 0. The van der Waals surface area contributed by atoms with Crippen LogP contribution in [0.1, 0.15) is 27.0 Å². The Bertz CT molecular complexity index is 558. The van der Waals surface area contributed by atoms with Crippen molar-refractivity contribution < 1.29 is 9.53 Å². The van der Waals surface area contributed by atoms with Gasteiger partial charge in [-0.25, -0.2) is 0 Å². The number of carbonyl (C=O) groups is 1. The van der Waals surface area contributed by atoms with Gasteiger partial charge in [0, 0.05) is 11.1 Å². The van der Waals surface area contributed by atoms with Crippen LogP contribution in [0, 0.1) is 0 Å². The Morgan fingerprint density at radius 3 is 2.47 bits per heavy atom. The highest BCUT2D eigenvalue weighted by Crippen LogP contribution is 2.22. The summed E-state index contributed by atoms with van der Waals surface area (Å²) < 4.78 is 5.34. The maximum Gasteiger partial charge on any atom is 0.193 e. The molecule has 0 amide bonds. The lowest BCUT2D eigenvalue weighted by molar-refractivity contribution is 0.103. The summed E-state index contributed by atoms with van der Waals surface area (Å²) in [5.41, 5.74) is 3.79. The molecule has 1 aliphatic rings. The van der Waals surface area contributed by atoms with Crippen molar-refractivity contribution in [3.63, 3.8) is 0 Å². The van der Waals surface area contributed by atoms with Crippen LogP contribution < -0.4 is 0 Å². The van der Waals surface area contributed by atoms with Crippen LogP contribution in [0.2, 0.25) is 0 Å². The van der Waals surface area contributed by atoms with Gasteiger partial charge in [-0.05, 0) is 17.2 Å². The largest absolute Gasteiger partial charge is 0.372 e. The van der Waals surface area contributed by atoms with Gasteiger partial charge in [0.1, 0.15) is 0 Å². The fraction of sp³-hybridized carbons (Fsp3) is 0.133. The van der Waals surface area contributed by atoms with Crippen molar-refractivity contribution in [1.29, 1.82) is 0 Å². The molecule has 17 heavy (non-hydrogen) atoms. The molecule has 2 heteroatoms. The number of fused-ring (bicyclic) bond motifs is 1. The SMILES string of the molecule is O=C(c1ccccc1)c1ccc2c(c1)COC2. The van der Waals surface area contributed by atoms with E-state index in [4.69, 9.17) is 4.74 Å². The molecule has 0 saturated carbocycles. The Morgan fingerprint density at radius 1 is 0.882 bits per heavy atom. The summed E-state index contributed by atoms with van der Waals surface area (Å²) in [4.78, 5) is 12.2. The van der Waals surface area contributed by atoms with Gasteiger partial charge in [0.25, 0.3) is 0 Å². The molecular formula is C15H12O2. The van der Waals surface area contributed by atoms with E-state index in [1.54, 1.807) is 0 Å². The van der Waals surface area contributed by atoms with Crippen molar-refractivity contribution in [1.82, 2.24) is 0 Å². The highest BCUT2D eigenvalue weighted by molar-refractivity contribution is 6.09. The van der Waals surface area contributed by atoms with E-state index in [1.807, 2.05) is 48.5 Å². The fourth-order valence-electron chi connectivity index (χ4n) is 2.07. The van der Waals surface area contributed by atoms with Gasteiger partial charge >= 0.3 is 0 Å². The van der Waals surface area contributed by atoms with Gasteiger partial charge in [-0.1, -0.05) is 42.5 Å². The summed E-state index contributed by atoms with van der Waals surface area (Å²) in [5.74, 6) is 0.0697. The van der Waals surface area contributed by atoms with Crippen molar-refractivity contribution in [2.45, 2.75) is 13.2 Å². The van der Waals surface area contributed by atoms with E-state index < -0.39 is 0 Å². The van der Waals surface area contributed by atoms with Crippen LogP contribution in [-0.2, 0) is 18.0 Å². The quantitative estimate of drug-likeness (QED) is 0.733. The maximum absolute atomic E-state index is 12.2. The molecule has 0 unspecified atom stereocenters. The Labute approximate surface area is 99.9 Å². The van der Waals surface area contributed by atoms with Crippen molar-refractivity contribution in [2.24, 2.45) is 0 Å². The Morgan fingerprint density at radius 2 is 1.65 bits per heavy atom. The third-order valence-corrected chi connectivity index (χ3v) is 3.02. The Balaban J connectivity index is 1.97. The first-order valence-electron chi connectivity index (χ1n) is 5.64. The van der Waals surface area contributed by atoms with Crippen LogP contribution in [0.5, 0.6) is 0 Å². The summed E-state index contributed by atoms with van der Waals surface area (Å²) in [6.07, 6.45) is 0. The van der Waals surface area contributed by atoms with E-state index in [0.29, 0.717) is 13.2 Å². The molecule has 2 aromatic rings. The molecule has 0 aromatic heterocycles. The minimum Gasteiger partial charge on any atom is -0.372 e. The van der Waals surface area contributed by atoms with Crippen molar-refractivity contribution in [3.8, 4) is 0 Å². The zero-order chi connectivity index (χ0) is 11.7. The number of ether oxygens (including phenoxy) is 1. The number of ketones is 1. The second kappa shape index (κ2) is 4.15. The molecule has 1 aliphatic heterocycles. The van der Waals surface area contributed by atoms with Crippen LogP contribution in [0.4, 0.5) is 0 Å². The predicted octanol–water partition coefficient (Wildman–Crippen LogP) is 2.95. The normalized spacial score (nSPS) is 13.4. The molecular weight excluding hydrogens is 212 g/mol. The summed E-state index contributed by atoms with van der Waals surface area (Å²) in [6.45, 7) is 1.28. The molecule has 0 aliphatic carbocycles. The first-order chi connectivity index (χ1) is 8.34. The van der Waals surface area contributed by atoms with Gasteiger partial charge in [0.05, 0.1) is 13.2 Å². The van der Waals surface area contributed by atoms with E-state index >= 15 is 0 Å². The average Bonchev–Trinajstić information content (AvgIpc) is 2.86. The Kier molecular flexibility index (Phi) is 2.50. The van der Waals surface area contributed by atoms with Gasteiger partial charge in [-0.2, -0.15) is 0 Å². The first kappa shape index (κ1) is 10.2. The molecule has 2 nitrogen and oxygen atoms in total. The smallest absolute Gasteiger partial charge is 0.193 e. The topological polar surface area (TPSA) is 26.3 Å². The van der Waals surface area contributed by atoms with Crippen molar-refractivity contribution in [2.75, 3.05) is 0 Å². The van der Waals surface area contributed by atoms with Crippen LogP contribution in [0.15, 0.2) is 48.5 Å². The molecule has 0 spiro atoms. The second-order valence-electron chi connectivity index (χ2n) is 4.17. The number of hydrogen-bond acceptors (Lipinski definition) is 2. The molecule has 0 N–H and O–H groups in total. The highest BCUT2D eigenvalue weighted by atomic mass is 16.5. The van der Waals surface area contributed by atoms with E-state index in [0.717, 1.165) is 16.7 Å². The van der Waals surface area contributed by atoms with Gasteiger partial charge in [0.15, 0.2) is 5.78 Å².